The first-order valence-electron chi connectivity index (χ1n) is 8.67. The average molecular weight is 338 g/mol. The van der Waals surface area contributed by atoms with Crippen LogP contribution in [0.1, 0.15) is 49.9 Å². The summed E-state index contributed by atoms with van der Waals surface area (Å²) in [6.07, 6.45) is 4.08. The lowest BCUT2D eigenvalue weighted by Crippen LogP contribution is -2.20. The third kappa shape index (κ3) is 2.42. The lowest BCUT2D eigenvalue weighted by molar-refractivity contribution is 0.0979. The third-order valence-corrected chi connectivity index (χ3v) is 4.89. The molecule has 0 radical (unpaired) electrons. The normalized spacial score (nSPS) is 13.0. The smallest absolute Gasteiger partial charge is 0.194 e. The van der Waals surface area contributed by atoms with Crippen molar-refractivity contribution in [1.82, 2.24) is 0 Å². The van der Waals surface area contributed by atoms with Gasteiger partial charge in [-0.25, -0.2) is 0 Å². The number of hydrogen-bond donors (Lipinski definition) is 0. The Bertz CT molecular complexity index is 1090. The summed E-state index contributed by atoms with van der Waals surface area (Å²) < 4.78 is 0. The molecule has 1 aliphatic rings. The molecule has 0 saturated heterocycles. The molecule has 0 fully saturated rings. The second-order valence-corrected chi connectivity index (χ2v) is 6.50. The van der Waals surface area contributed by atoms with Gasteiger partial charge in [-0.3, -0.25) is 9.59 Å². The Labute approximate surface area is 152 Å². The molecule has 1 aliphatic carbocycles. The van der Waals surface area contributed by atoms with E-state index in [4.69, 9.17) is 0 Å². The summed E-state index contributed by atoms with van der Waals surface area (Å²) >= 11 is 0. The van der Waals surface area contributed by atoms with Gasteiger partial charge < -0.3 is 0 Å². The molecule has 0 amide bonds. The van der Waals surface area contributed by atoms with Crippen LogP contribution in [-0.2, 0) is 0 Å². The first-order valence-corrected chi connectivity index (χ1v) is 8.67. The molecular formula is C24H18O2. The van der Waals surface area contributed by atoms with Crippen molar-refractivity contribution in [2.75, 3.05) is 0 Å². The molecule has 3 aromatic rings. The Balaban J connectivity index is 1.91. The summed E-state index contributed by atoms with van der Waals surface area (Å²) in [5.41, 5.74) is 6.25. The molecule has 0 spiro atoms. The lowest BCUT2D eigenvalue weighted by atomic mass is 9.82. The van der Waals surface area contributed by atoms with Crippen LogP contribution in [-0.4, -0.2) is 11.6 Å². The van der Waals surface area contributed by atoms with Crippen LogP contribution in [0.15, 0.2) is 66.7 Å². The van der Waals surface area contributed by atoms with Crippen LogP contribution >= 0.6 is 0 Å². The monoisotopic (exact) mass is 338 g/mol. The van der Waals surface area contributed by atoms with Crippen LogP contribution in [0.5, 0.6) is 0 Å². The van der Waals surface area contributed by atoms with Gasteiger partial charge in [-0.2, -0.15) is 0 Å². The van der Waals surface area contributed by atoms with Gasteiger partial charge in [-0.15, -0.1) is 0 Å². The third-order valence-electron chi connectivity index (χ3n) is 4.89. The van der Waals surface area contributed by atoms with E-state index in [1.807, 2.05) is 37.3 Å². The average Bonchev–Trinajstić information content (AvgIpc) is 2.67. The summed E-state index contributed by atoms with van der Waals surface area (Å²) in [6, 6.07) is 18.7. The molecule has 0 saturated carbocycles. The van der Waals surface area contributed by atoms with E-state index in [2.05, 4.69) is 19.1 Å². The maximum atomic E-state index is 12.9. The number of carbonyl (C=O) groups excluding carboxylic acids is 2. The van der Waals surface area contributed by atoms with Gasteiger partial charge in [0.05, 0.1) is 0 Å². The Hall–Kier alpha value is -3.26. The molecule has 0 unspecified atom stereocenters. The highest BCUT2D eigenvalue weighted by Crippen LogP contribution is 2.33. The van der Waals surface area contributed by atoms with E-state index >= 15 is 0 Å². The highest BCUT2D eigenvalue weighted by atomic mass is 16.1. The largest absolute Gasteiger partial charge is 0.289 e. The van der Waals surface area contributed by atoms with Crippen LogP contribution in [0, 0.1) is 6.92 Å². The van der Waals surface area contributed by atoms with Gasteiger partial charge in [0.15, 0.2) is 11.6 Å². The molecule has 2 nitrogen and oxygen atoms in total. The van der Waals surface area contributed by atoms with Gasteiger partial charge in [0.25, 0.3) is 0 Å². The zero-order valence-electron chi connectivity index (χ0n) is 14.7. The van der Waals surface area contributed by atoms with Crippen LogP contribution in [0.3, 0.4) is 0 Å². The number of ketones is 2. The standard InChI is InChI=1S/C24H18O2/c1-3-7-17-15(2)8-6-11-18(17)16-12-13-21-22(14-16)24(26)20-10-5-4-9-19(20)23(21)25/h3-14H,1-2H3/b7-3-. The van der Waals surface area contributed by atoms with Crippen molar-refractivity contribution in [2.24, 2.45) is 0 Å². The maximum absolute atomic E-state index is 12.9. The zero-order chi connectivity index (χ0) is 18.3. The van der Waals surface area contributed by atoms with Gasteiger partial charge >= 0.3 is 0 Å². The minimum absolute atomic E-state index is 0.0836. The highest BCUT2D eigenvalue weighted by molar-refractivity contribution is 6.28. The van der Waals surface area contributed by atoms with Crippen LogP contribution in [0.2, 0.25) is 0 Å². The van der Waals surface area contributed by atoms with Crippen LogP contribution < -0.4 is 0 Å². The second-order valence-electron chi connectivity index (χ2n) is 6.50. The molecule has 4 rings (SSSR count). The quantitative estimate of drug-likeness (QED) is 0.485. The summed E-state index contributed by atoms with van der Waals surface area (Å²) in [5, 5.41) is 0. The van der Waals surface area contributed by atoms with Crippen molar-refractivity contribution in [3.63, 3.8) is 0 Å². The van der Waals surface area contributed by atoms with Crippen LogP contribution in [0.4, 0.5) is 0 Å². The Morgan fingerprint density at radius 2 is 1.31 bits per heavy atom. The van der Waals surface area contributed by atoms with E-state index in [0.717, 1.165) is 16.7 Å². The number of hydrogen-bond acceptors (Lipinski definition) is 2. The fourth-order valence-corrected chi connectivity index (χ4v) is 3.59. The fourth-order valence-electron chi connectivity index (χ4n) is 3.59. The molecule has 0 aliphatic heterocycles. The Morgan fingerprint density at radius 1 is 0.692 bits per heavy atom. The molecule has 0 aromatic heterocycles. The van der Waals surface area contributed by atoms with E-state index in [1.54, 1.807) is 30.3 Å². The summed E-state index contributed by atoms with van der Waals surface area (Å²) in [4.78, 5) is 25.7. The van der Waals surface area contributed by atoms with Gasteiger partial charge in [-0.05, 0) is 48.2 Å². The Morgan fingerprint density at radius 3 is 2.00 bits per heavy atom. The number of rotatable bonds is 2. The van der Waals surface area contributed by atoms with Crippen molar-refractivity contribution in [1.29, 1.82) is 0 Å². The molecule has 2 heteroatoms. The summed E-state index contributed by atoms with van der Waals surface area (Å²) in [7, 11) is 0. The number of benzene rings is 3. The molecule has 26 heavy (non-hydrogen) atoms. The number of carbonyl (C=O) groups is 2. The van der Waals surface area contributed by atoms with Crippen molar-refractivity contribution in [3.05, 3.63) is 100 Å². The predicted octanol–water partition coefficient (Wildman–Crippen LogP) is 5.47. The fraction of sp³-hybridized carbons (Fsp3) is 0.0833. The molecule has 0 bridgehead atoms. The van der Waals surface area contributed by atoms with Gasteiger partial charge in [0.2, 0.25) is 0 Å². The first-order chi connectivity index (χ1) is 12.6. The van der Waals surface area contributed by atoms with Gasteiger partial charge in [0.1, 0.15) is 0 Å². The van der Waals surface area contributed by atoms with E-state index in [1.165, 1.54) is 5.56 Å². The summed E-state index contributed by atoms with van der Waals surface area (Å²) in [6.45, 7) is 4.06. The minimum atomic E-state index is -0.0858. The minimum Gasteiger partial charge on any atom is -0.289 e. The molecule has 0 N–H and O–H groups in total. The lowest BCUT2D eigenvalue weighted by Gasteiger charge is -2.19. The molecule has 0 atom stereocenters. The van der Waals surface area contributed by atoms with Crippen molar-refractivity contribution < 1.29 is 9.59 Å². The van der Waals surface area contributed by atoms with Crippen molar-refractivity contribution in [3.8, 4) is 11.1 Å². The summed E-state index contributed by atoms with van der Waals surface area (Å²) in [5.74, 6) is -0.169. The molecular weight excluding hydrogens is 320 g/mol. The SMILES string of the molecule is C/C=C\c1c(C)cccc1-c1ccc2c(c1)C(=O)c1ccccc1C2=O. The Kier molecular flexibility index (Phi) is 3.89. The van der Waals surface area contributed by atoms with E-state index < -0.39 is 0 Å². The van der Waals surface area contributed by atoms with Crippen molar-refractivity contribution in [2.45, 2.75) is 13.8 Å². The molecule has 0 heterocycles. The zero-order valence-corrected chi connectivity index (χ0v) is 14.7. The highest BCUT2D eigenvalue weighted by Gasteiger charge is 2.29. The maximum Gasteiger partial charge on any atom is 0.194 e. The second kappa shape index (κ2) is 6.23. The number of allylic oxidation sites excluding steroid dienone is 1. The van der Waals surface area contributed by atoms with Crippen LogP contribution in [0.25, 0.3) is 17.2 Å². The van der Waals surface area contributed by atoms with Gasteiger partial charge in [-0.1, -0.05) is 60.7 Å². The van der Waals surface area contributed by atoms with E-state index in [9.17, 15) is 9.59 Å². The predicted molar refractivity (Wildman–Crippen MR) is 105 cm³/mol. The molecule has 126 valence electrons. The number of fused-ring (bicyclic) bond motifs is 2. The molecule has 3 aromatic carbocycles. The van der Waals surface area contributed by atoms with Crippen molar-refractivity contribution >= 4 is 17.6 Å². The first kappa shape index (κ1) is 16.2. The number of aryl methyl sites for hydroxylation is 1. The van der Waals surface area contributed by atoms with E-state index in [0.29, 0.717) is 22.3 Å². The van der Waals surface area contributed by atoms with Gasteiger partial charge in [0, 0.05) is 22.3 Å². The topological polar surface area (TPSA) is 34.1 Å². The van der Waals surface area contributed by atoms with E-state index in [-0.39, 0.29) is 11.6 Å².